The minimum atomic E-state index is -4.49. The molecule has 0 unspecified atom stereocenters. The molecule has 0 spiro atoms. The van der Waals surface area contributed by atoms with Gasteiger partial charge < -0.3 is 14.0 Å². The zero-order valence-electron chi connectivity index (χ0n) is 20.1. The second-order valence-corrected chi connectivity index (χ2v) is 8.45. The standard InChI is InChI=1S/C26H30F3N3O3/c1-4-34-24(33)14-18(2)8-7-13-35-22-10-6-5-9-21(22)17-32-19(3)15-31-25(32)20-11-12-23(30-16-20)26(27,28)29/h5-6,9-12,15-16,18H,4,7-8,13-14,17H2,1-3H3/t18-/m0/s1. The van der Waals surface area contributed by atoms with Crippen molar-refractivity contribution in [2.45, 2.75) is 52.8 Å². The predicted octanol–water partition coefficient (Wildman–Crippen LogP) is 6.07. The van der Waals surface area contributed by atoms with Crippen molar-refractivity contribution < 1.29 is 27.4 Å². The van der Waals surface area contributed by atoms with Gasteiger partial charge in [0.25, 0.3) is 0 Å². The van der Waals surface area contributed by atoms with Crippen LogP contribution in [0.3, 0.4) is 0 Å². The molecular formula is C26H30F3N3O3. The smallest absolute Gasteiger partial charge is 0.433 e. The Morgan fingerprint density at radius 3 is 2.57 bits per heavy atom. The van der Waals surface area contributed by atoms with Crippen molar-refractivity contribution in [2.24, 2.45) is 5.92 Å². The maximum absolute atomic E-state index is 12.9. The third-order valence-electron chi connectivity index (χ3n) is 5.59. The van der Waals surface area contributed by atoms with E-state index in [0.717, 1.165) is 35.9 Å². The first-order chi connectivity index (χ1) is 16.7. The Morgan fingerprint density at radius 2 is 1.89 bits per heavy atom. The zero-order valence-corrected chi connectivity index (χ0v) is 20.1. The number of halogens is 3. The first kappa shape index (κ1) is 26.2. The lowest BCUT2D eigenvalue weighted by Crippen LogP contribution is -2.11. The van der Waals surface area contributed by atoms with Gasteiger partial charge in [0.1, 0.15) is 17.3 Å². The van der Waals surface area contributed by atoms with Crippen LogP contribution in [0.25, 0.3) is 11.4 Å². The van der Waals surface area contributed by atoms with Gasteiger partial charge in [-0.2, -0.15) is 13.2 Å². The molecule has 0 radical (unpaired) electrons. The minimum Gasteiger partial charge on any atom is -0.493 e. The number of benzene rings is 1. The number of para-hydroxylation sites is 1. The Balaban J connectivity index is 1.66. The predicted molar refractivity (Wildman–Crippen MR) is 126 cm³/mol. The van der Waals surface area contributed by atoms with Crippen LogP contribution in [0.15, 0.2) is 48.8 Å². The highest BCUT2D eigenvalue weighted by Gasteiger charge is 2.32. The minimum absolute atomic E-state index is 0.180. The van der Waals surface area contributed by atoms with Crippen LogP contribution in [0.5, 0.6) is 5.75 Å². The molecule has 0 aliphatic rings. The van der Waals surface area contributed by atoms with Gasteiger partial charge in [0.2, 0.25) is 0 Å². The SMILES string of the molecule is CCOC(=O)C[C@@H](C)CCCOc1ccccc1Cn1c(C)cnc1-c1ccc(C(F)(F)F)nc1. The molecule has 2 heterocycles. The third-order valence-corrected chi connectivity index (χ3v) is 5.59. The van der Waals surface area contributed by atoms with Crippen LogP contribution in [0.1, 0.15) is 50.1 Å². The monoisotopic (exact) mass is 489 g/mol. The summed E-state index contributed by atoms with van der Waals surface area (Å²) in [7, 11) is 0. The lowest BCUT2D eigenvalue weighted by molar-refractivity contribution is -0.144. The Morgan fingerprint density at radius 1 is 1.11 bits per heavy atom. The van der Waals surface area contributed by atoms with E-state index >= 15 is 0 Å². The fraction of sp³-hybridized carbons (Fsp3) is 0.423. The van der Waals surface area contributed by atoms with Gasteiger partial charge in [0.05, 0.1) is 19.8 Å². The van der Waals surface area contributed by atoms with Crippen molar-refractivity contribution in [3.8, 4) is 17.1 Å². The molecule has 188 valence electrons. The lowest BCUT2D eigenvalue weighted by Gasteiger charge is -2.16. The third kappa shape index (κ3) is 7.31. The van der Waals surface area contributed by atoms with E-state index in [4.69, 9.17) is 9.47 Å². The van der Waals surface area contributed by atoms with Gasteiger partial charge in [-0.05, 0) is 50.8 Å². The number of hydrogen-bond acceptors (Lipinski definition) is 5. The quantitative estimate of drug-likeness (QED) is 0.242. The summed E-state index contributed by atoms with van der Waals surface area (Å²) in [5.74, 6) is 1.30. The number of alkyl halides is 3. The van der Waals surface area contributed by atoms with E-state index in [1.165, 1.54) is 12.3 Å². The molecule has 35 heavy (non-hydrogen) atoms. The molecule has 0 bridgehead atoms. The molecule has 2 aromatic heterocycles. The van der Waals surface area contributed by atoms with Gasteiger partial charge >= 0.3 is 12.1 Å². The second kappa shape index (κ2) is 11.9. The number of ether oxygens (including phenoxy) is 2. The molecule has 0 aliphatic carbocycles. The van der Waals surface area contributed by atoms with Crippen LogP contribution in [-0.4, -0.2) is 33.7 Å². The molecule has 3 aromatic rings. The molecule has 0 amide bonds. The lowest BCUT2D eigenvalue weighted by atomic mass is 10.0. The summed E-state index contributed by atoms with van der Waals surface area (Å²) in [6, 6.07) is 9.99. The van der Waals surface area contributed by atoms with Gasteiger partial charge in [0, 0.05) is 35.6 Å². The van der Waals surface area contributed by atoms with Crippen molar-refractivity contribution >= 4 is 5.97 Å². The molecule has 1 aromatic carbocycles. The number of carbonyl (C=O) groups is 1. The Labute approximate surface area is 203 Å². The number of carbonyl (C=O) groups excluding carboxylic acids is 1. The van der Waals surface area contributed by atoms with E-state index in [-0.39, 0.29) is 11.9 Å². The van der Waals surface area contributed by atoms with Crippen LogP contribution in [0.4, 0.5) is 13.2 Å². The number of pyridine rings is 1. The van der Waals surface area contributed by atoms with E-state index < -0.39 is 11.9 Å². The van der Waals surface area contributed by atoms with Crippen LogP contribution >= 0.6 is 0 Å². The van der Waals surface area contributed by atoms with Crippen LogP contribution < -0.4 is 4.74 Å². The average Bonchev–Trinajstić information content (AvgIpc) is 3.17. The van der Waals surface area contributed by atoms with Gasteiger partial charge in [0.15, 0.2) is 0 Å². The summed E-state index contributed by atoms with van der Waals surface area (Å²) in [5, 5.41) is 0. The second-order valence-electron chi connectivity index (χ2n) is 8.45. The molecule has 3 rings (SSSR count). The molecule has 1 atom stereocenters. The zero-order chi connectivity index (χ0) is 25.4. The molecule has 6 nitrogen and oxygen atoms in total. The van der Waals surface area contributed by atoms with Gasteiger partial charge in [-0.3, -0.25) is 9.78 Å². The number of imidazole rings is 1. The number of rotatable bonds is 11. The van der Waals surface area contributed by atoms with Crippen LogP contribution in [0, 0.1) is 12.8 Å². The van der Waals surface area contributed by atoms with Crippen molar-refractivity contribution in [3.63, 3.8) is 0 Å². The molecule has 0 saturated carbocycles. The van der Waals surface area contributed by atoms with E-state index in [9.17, 15) is 18.0 Å². The molecule has 0 fully saturated rings. The Kier molecular flexibility index (Phi) is 8.89. The van der Waals surface area contributed by atoms with Crippen molar-refractivity contribution in [1.29, 1.82) is 0 Å². The number of aryl methyl sites for hydroxylation is 1. The van der Waals surface area contributed by atoms with Crippen molar-refractivity contribution in [1.82, 2.24) is 14.5 Å². The van der Waals surface area contributed by atoms with E-state index in [0.29, 0.717) is 37.6 Å². The van der Waals surface area contributed by atoms with Crippen LogP contribution in [0.2, 0.25) is 0 Å². The largest absolute Gasteiger partial charge is 0.493 e. The highest BCUT2D eigenvalue weighted by Crippen LogP contribution is 2.30. The maximum Gasteiger partial charge on any atom is 0.433 e. The number of esters is 1. The Hall–Kier alpha value is -3.36. The molecule has 0 aliphatic heterocycles. The van der Waals surface area contributed by atoms with E-state index in [1.807, 2.05) is 42.7 Å². The highest BCUT2D eigenvalue weighted by atomic mass is 19.4. The fourth-order valence-corrected chi connectivity index (χ4v) is 3.75. The summed E-state index contributed by atoms with van der Waals surface area (Å²) in [6.07, 6.45) is 0.416. The Bertz CT molecular complexity index is 1110. The average molecular weight is 490 g/mol. The summed E-state index contributed by atoms with van der Waals surface area (Å²) in [6.45, 7) is 7.04. The van der Waals surface area contributed by atoms with Gasteiger partial charge in [-0.15, -0.1) is 0 Å². The van der Waals surface area contributed by atoms with Crippen molar-refractivity contribution in [3.05, 3.63) is 65.7 Å². The van der Waals surface area contributed by atoms with E-state index in [2.05, 4.69) is 9.97 Å². The van der Waals surface area contributed by atoms with E-state index in [1.54, 1.807) is 13.1 Å². The first-order valence-corrected chi connectivity index (χ1v) is 11.6. The summed E-state index contributed by atoms with van der Waals surface area (Å²) in [5.41, 5.74) is 1.35. The summed E-state index contributed by atoms with van der Waals surface area (Å²) in [4.78, 5) is 19.6. The normalized spacial score (nSPS) is 12.4. The van der Waals surface area contributed by atoms with Crippen LogP contribution in [-0.2, 0) is 22.3 Å². The highest BCUT2D eigenvalue weighted by molar-refractivity contribution is 5.69. The molecule has 0 saturated heterocycles. The topological polar surface area (TPSA) is 66.2 Å². The summed E-state index contributed by atoms with van der Waals surface area (Å²) < 4.78 is 51.6. The van der Waals surface area contributed by atoms with Crippen molar-refractivity contribution in [2.75, 3.05) is 13.2 Å². The number of aromatic nitrogens is 3. The fourth-order valence-electron chi connectivity index (χ4n) is 3.75. The molecule has 9 heteroatoms. The maximum atomic E-state index is 12.9. The van der Waals surface area contributed by atoms with Gasteiger partial charge in [-0.25, -0.2) is 4.98 Å². The van der Waals surface area contributed by atoms with Gasteiger partial charge in [-0.1, -0.05) is 25.1 Å². The number of hydrogen-bond donors (Lipinski definition) is 0. The molecule has 0 N–H and O–H groups in total. The number of nitrogens with zero attached hydrogens (tertiary/aromatic N) is 3. The first-order valence-electron chi connectivity index (χ1n) is 11.6. The summed E-state index contributed by atoms with van der Waals surface area (Å²) >= 11 is 0. The molecular weight excluding hydrogens is 459 g/mol.